The number of ketones is 1. The zero-order chi connectivity index (χ0) is 12.3. The van der Waals surface area contributed by atoms with Gasteiger partial charge in [-0.25, -0.2) is 4.98 Å². The average Bonchev–Trinajstić information content (AvgIpc) is 2.15. The van der Waals surface area contributed by atoms with Crippen molar-refractivity contribution in [1.82, 2.24) is 4.98 Å². The van der Waals surface area contributed by atoms with Crippen LogP contribution >= 0.6 is 0 Å². The van der Waals surface area contributed by atoms with Gasteiger partial charge in [0.05, 0.1) is 11.3 Å². The van der Waals surface area contributed by atoms with E-state index in [1.165, 1.54) is 13.0 Å². The summed E-state index contributed by atoms with van der Waals surface area (Å²) in [5, 5.41) is 10.7. The zero-order valence-electron chi connectivity index (χ0n) is 9.43. The first-order chi connectivity index (χ1) is 7.41. The highest BCUT2D eigenvalue weighted by atomic mass is 16.6. The Morgan fingerprint density at radius 3 is 2.56 bits per heavy atom. The fraction of sp³-hybridized carbons (Fsp3) is 0.400. The van der Waals surface area contributed by atoms with Crippen LogP contribution in [0.1, 0.15) is 12.6 Å². The Bertz CT molecular complexity index is 429. The maximum atomic E-state index is 11.0. The molecule has 0 aliphatic heterocycles. The highest BCUT2D eigenvalue weighted by molar-refractivity contribution is 5.79. The number of aromatic nitrogens is 1. The van der Waals surface area contributed by atoms with Gasteiger partial charge < -0.3 is 4.90 Å². The molecule has 6 heteroatoms. The van der Waals surface area contributed by atoms with Crippen molar-refractivity contribution in [3.8, 4) is 0 Å². The standard InChI is InChI=1S/C10H13N3O3/c1-7(14)6-8-9(13(15)16)4-5-10(11-8)12(2)3/h4-5H,6H2,1-3H3. The van der Waals surface area contributed by atoms with Gasteiger partial charge in [0, 0.05) is 20.2 Å². The van der Waals surface area contributed by atoms with Crippen molar-refractivity contribution in [3.05, 3.63) is 27.9 Å². The Morgan fingerprint density at radius 2 is 2.12 bits per heavy atom. The molecule has 0 aliphatic rings. The molecule has 0 saturated carbocycles. The van der Waals surface area contributed by atoms with Gasteiger partial charge >= 0.3 is 0 Å². The lowest BCUT2D eigenvalue weighted by molar-refractivity contribution is -0.385. The molecule has 0 N–H and O–H groups in total. The Morgan fingerprint density at radius 1 is 1.50 bits per heavy atom. The molecule has 1 aromatic rings. The normalized spacial score (nSPS) is 9.94. The highest BCUT2D eigenvalue weighted by Crippen LogP contribution is 2.20. The van der Waals surface area contributed by atoms with Crippen LogP contribution in [0.2, 0.25) is 0 Å². The van der Waals surface area contributed by atoms with E-state index >= 15 is 0 Å². The summed E-state index contributed by atoms with van der Waals surface area (Å²) in [6.07, 6.45) is -0.0159. The number of anilines is 1. The SMILES string of the molecule is CC(=O)Cc1nc(N(C)C)ccc1[N+](=O)[O-]. The van der Waals surface area contributed by atoms with Crippen LogP contribution in [0.3, 0.4) is 0 Å². The van der Waals surface area contributed by atoms with Crippen LogP contribution in [0.15, 0.2) is 12.1 Å². The number of Topliss-reactive ketones (excluding diaryl/α,β-unsaturated/α-hetero) is 1. The Labute approximate surface area is 93.1 Å². The minimum atomic E-state index is -0.523. The molecule has 0 unspecified atom stereocenters. The van der Waals surface area contributed by atoms with Gasteiger partial charge in [-0.2, -0.15) is 0 Å². The van der Waals surface area contributed by atoms with Gasteiger partial charge in [0.2, 0.25) is 0 Å². The van der Waals surface area contributed by atoms with E-state index in [2.05, 4.69) is 4.98 Å². The number of carbonyl (C=O) groups excluding carboxylic acids is 1. The lowest BCUT2D eigenvalue weighted by atomic mass is 10.2. The first-order valence-corrected chi connectivity index (χ1v) is 4.73. The Balaban J connectivity index is 3.20. The molecule has 16 heavy (non-hydrogen) atoms. The van der Waals surface area contributed by atoms with E-state index in [9.17, 15) is 14.9 Å². The molecule has 0 amide bonds. The predicted molar refractivity (Wildman–Crippen MR) is 59.6 cm³/mol. The van der Waals surface area contributed by atoms with Gasteiger partial charge in [-0.05, 0) is 13.0 Å². The molecule has 0 bridgehead atoms. The summed E-state index contributed by atoms with van der Waals surface area (Å²) in [5.41, 5.74) is 0.101. The van der Waals surface area contributed by atoms with Gasteiger partial charge in [-0.15, -0.1) is 0 Å². The molecular formula is C10H13N3O3. The molecule has 6 nitrogen and oxygen atoms in total. The third kappa shape index (κ3) is 2.75. The van der Waals surface area contributed by atoms with Crippen molar-refractivity contribution in [3.63, 3.8) is 0 Å². The first kappa shape index (κ1) is 12.1. The predicted octanol–water partition coefficient (Wildman–Crippen LogP) is 1.19. The summed E-state index contributed by atoms with van der Waals surface area (Å²) in [7, 11) is 3.57. The van der Waals surface area contributed by atoms with Crippen LogP contribution in [0.4, 0.5) is 11.5 Å². The molecule has 1 heterocycles. The van der Waals surface area contributed by atoms with E-state index in [1.54, 1.807) is 25.1 Å². The van der Waals surface area contributed by atoms with Crippen LogP contribution in [0.25, 0.3) is 0 Å². The van der Waals surface area contributed by atoms with E-state index in [-0.39, 0.29) is 23.6 Å². The summed E-state index contributed by atoms with van der Waals surface area (Å²) >= 11 is 0. The fourth-order valence-corrected chi connectivity index (χ4v) is 1.26. The van der Waals surface area contributed by atoms with Crippen LogP contribution in [0, 0.1) is 10.1 Å². The quantitative estimate of drug-likeness (QED) is 0.566. The Hall–Kier alpha value is -1.98. The summed E-state index contributed by atoms with van der Waals surface area (Å²) in [5.74, 6) is 0.452. The van der Waals surface area contributed by atoms with Gasteiger partial charge in [0.25, 0.3) is 5.69 Å². The smallest absolute Gasteiger partial charge is 0.291 e. The third-order valence-electron chi connectivity index (χ3n) is 2.01. The van der Waals surface area contributed by atoms with Crippen molar-refractivity contribution in [2.24, 2.45) is 0 Å². The fourth-order valence-electron chi connectivity index (χ4n) is 1.26. The minimum Gasteiger partial charge on any atom is -0.363 e. The molecule has 0 saturated heterocycles. The van der Waals surface area contributed by atoms with Gasteiger partial charge in [0.15, 0.2) is 0 Å². The third-order valence-corrected chi connectivity index (χ3v) is 2.01. The number of nitro groups is 1. The van der Waals surface area contributed by atoms with Crippen molar-refractivity contribution < 1.29 is 9.72 Å². The van der Waals surface area contributed by atoms with E-state index in [0.29, 0.717) is 5.82 Å². The molecule has 1 rings (SSSR count). The van der Waals surface area contributed by atoms with E-state index < -0.39 is 4.92 Å². The van der Waals surface area contributed by atoms with Gasteiger partial charge in [-0.3, -0.25) is 14.9 Å². The van der Waals surface area contributed by atoms with Crippen molar-refractivity contribution in [2.75, 3.05) is 19.0 Å². The second kappa shape index (κ2) is 4.69. The second-order valence-corrected chi connectivity index (χ2v) is 3.67. The lowest BCUT2D eigenvalue weighted by Crippen LogP contribution is -2.13. The van der Waals surface area contributed by atoms with Crippen LogP contribution in [-0.2, 0) is 11.2 Å². The molecule has 0 spiro atoms. The lowest BCUT2D eigenvalue weighted by Gasteiger charge is -2.11. The maximum Gasteiger partial charge on any atom is 0.291 e. The van der Waals surface area contributed by atoms with Crippen LogP contribution in [-0.4, -0.2) is 29.8 Å². The number of carbonyl (C=O) groups is 1. The topological polar surface area (TPSA) is 76.3 Å². The number of hydrogen-bond donors (Lipinski definition) is 0. The molecule has 86 valence electrons. The minimum absolute atomic E-state index is 0.0159. The molecule has 0 radical (unpaired) electrons. The molecule has 1 aromatic heterocycles. The van der Waals surface area contributed by atoms with Crippen molar-refractivity contribution >= 4 is 17.3 Å². The van der Waals surface area contributed by atoms with Crippen LogP contribution in [0.5, 0.6) is 0 Å². The summed E-state index contributed by atoms with van der Waals surface area (Å²) in [6, 6.07) is 2.93. The zero-order valence-corrected chi connectivity index (χ0v) is 9.43. The van der Waals surface area contributed by atoms with E-state index in [4.69, 9.17) is 0 Å². The summed E-state index contributed by atoms with van der Waals surface area (Å²) in [4.78, 5) is 27.0. The van der Waals surface area contributed by atoms with E-state index in [0.717, 1.165) is 0 Å². The average molecular weight is 223 g/mol. The number of pyridine rings is 1. The number of rotatable bonds is 4. The van der Waals surface area contributed by atoms with Crippen LogP contribution < -0.4 is 4.90 Å². The Kier molecular flexibility index (Phi) is 3.55. The largest absolute Gasteiger partial charge is 0.363 e. The number of nitrogens with zero attached hydrogens (tertiary/aromatic N) is 3. The summed E-state index contributed by atoms with van der Waals surface area (Å²) < 4.78 is 0. The summed E-state index contributed by atoms with van der Waals surface area (Å²) in [6.45, 7) is 1.38. The maximum absolute atomic E-state index is 11.0. The van der Waals surface area contributed by atoms with E-state index in [1.807, 2.05) is 0 Å². The monoisotopic (exact) mass is 223 g/mol. The molecule has 0 aromatic carbocycles. The van der Waals surface area contributed by atoms with Gasteiger partial charge in [0.1, 0.15) is 17.3 Å². The molecule has 0 aliphatic carbocycles. The molecule has 0 fully saturated rings. The first-order valence-electron chi connectivity index (χ1n) is 4.73. The molecule has 0 atom stereocenters. The highest BCUT2D eigenvalue weighted by Gasteiger charge is 2.17. The molecular weight excluding hydrogens is 210 g/mol. The van der Waals surface area contributed by atoms with Gasteiger partial charge in [-0.1, -0.05) is 0 Å². The number of hydrogen-bond acceptors (Lipinski definition) is 5. The van der Waals surface area contributed by atoms with Crippen molar-refractivity contribution in [2.45, 2.75) is 13.3 Å². The van der Waals surface area contributed by atoms with Crippen molar-refractivity contribution in [1.29, 1.82) is 0 Å². The second-order valence-electron chi connectivity index (χ2n) is 3.67.